The van der Waals surface area contributed by atoms with E-state index in [9.17, 15) is 0 Å². The highest BCUT2D eigenvalue weighted by Gasteiger charge is 2.14. The summed E-state index contributed by atoms with van der Waals surface area (Å²) in [5.74, 6) is 0.768. The monoisotopic (exact) mass is 272 g/mol. The molecule has 0 unspecified atom stereocenters. The van der Waals surface area contributed by atoms with E-state index in [4.69, 9.17) is 4.74 Å². The minimum atomic E-state index is 0.651. The van der Waals surface area contributed by atoms with Gasteiger partial charge >= 0.3 is 0 Å². The highest BCUT2D eigenvalue weighted by Crippen LogP contribution is 2.29. The van der Waals surface area contributed by atoms with Crippen LogP contribution in [0.15, 0.2) is 10.2 Å². The lowest BCUT2D eigenvalue weighted by molar-refractivity contribution is 0.316. The normalized spacial score (nSPS) is 10.6. The third-order valence-electron chi connectivity index (χ3n) is 2.35. The van der Waals surface area contributed by atoms with Gasteiger partial charge in [-0.15, -0.1) is 11.8 Å². The fourth-order valence-corrected chi connectivity index (χ4v) is 2.54. The molecule has 0 saturated heterocycles. The Balaban J connectivity index is 3.10. The summed E-state index contributed by atoms with van der Waals surface area (Å²) in [7, 11) is 0. The molecule has 1 heterocycles. The largest absolute Gasteiger partial charge is 0.478 e. The molecule has 17 heavy (non-hydrogen) atoms. The van der Waals surface area contributed by atoms with Crippen molar-refractivity contribution in [3.05, 3.63) is 5.56 Å². The number of rotatable bonds is 7. The van der Waals surface area contributed by atoms with E-state index in [1.807, 2.05) is 13.2 Å². The maximum Gasteiger partial charge on any atom is 0.221 e. The van der Waals surface area contributed by atoms with Gasteiger partial charge in [0.2, 0.25) is 5.88 Å². The first kappa shape index (κ1) is 14.6. The summed E-state index contributed by atoms with van der Waals surface area (Å²) in [5.41, 5.74) is 1.17. The zero-order valence-corrected chi connectivity index (χ0v) is 12.6. The van der Waals surface area contributed by atoms with Gasteiger partial charge in [-0.1, -0.05) is 25.1 Å². The Morgan fingerprint density at radius 2 is 1.88 bits per heavy atom. The lowest BCUT2D eigenvalue weighted by Gasteiger charge is -2.13. The van der Waals surface area contributed by atoms with Gasteiger partial charge in [0.05, 0.1) is 6.61 Å². The van der Waals surface area contributed by atoms with Gasteiger partial charge < -0.3 is 4.74 Å². The van der Waals surface area contributed by atoms with Gasteiger partial charge in [-0.25, -0.2) is 4.98 Å². The molecule has 0 bridgehead atoms. The molecule has 5 heteroatoms. The first-order chi connectivity index (χ1) is 8.26. The smallest absolute Gasteiger partial charge is 0.221 e. The summed E-state index contributed by atoms with van der Waals surface area (Å²) in [5, 5.41) is 1.85. The molecule has 0 fully saturated rings. The van der Waals surface area contributed by atoms with Crippen molar-refractivity contribution in [3.63, 3.8) is 0 Å². The zero-order chi connectivity index (χ0) is 12.7. The van der Waals surface area contributed by atoms with E-state index in [1.54, 1.807) is 23.5 Å². The minimum absolute atomic E-state index is 0.651. The van der Waals surface area contributed by atoms with Crippen molar-refractivity contribution in [1.29, 1.82) is 0 Å². The average molecular weight is 272 g/mol. The fourth-order valence-electron chi connectivity index (χ4n) is 1.51. The lowest BCUT2D eigenvalue weighted by atomic mass is 10.1. The molecule has 0 radical (unpaired) electrons. The second-order valence-electron chi connectivity index (χ2n) is 3.54. The molecule has 0 aromatic carbocycles. The molecule has 3 nitrogen and oxygen atoms in total. The molecule has 0 amide bonds. The predicted molar refractivity (Wildman–Crippen MR) is 75.4 cm³/mol. The molecule has 0 aliphatic rings. The quantitative estimate of drug-likeness (QED) is 0.430. The van der Waals surface area contributed by atoms with Crippen molar-refractivity contribution in [2.24, 2.45) is 0 Å². The summed E-state index contributed by atoms with van der Waals surface area (Å²) >= 11 is 3.23. The van der Waals surface area contributed by atoms with Crippen LogP contribution in [0, 0.1) is 0 Å². The van der Waals surface area contributed by atoms with Gasteiger partial charge in [-0.2, -0.15) is 4.98 Å². The maximum absolute atomic E-state index is 5.64. The molecular formula is C12H20N2OS2. The maximum atomic E-state index is 5.64. The Hall–Kier alpha value is -0.420. The van der Waals surface area contributed by atoms with Crippen LogP contribution in [0.2, 0.25) is 0 Å². The number of thioether (sulfide) groups is 2. The zero-order valence-electron chi connectivity index (χ0n) is 10.9. The highest BCUT2D eigenvalue weighted by molar-refractivity contribution is 7.99. The van der Waals surface area contributed by atoms with Crippen LogP contribution in [0.3, 0.4) is 0 Å². The Kier molecular flexibility index (Phi) is 6.73. The summed E-state index contributed by atoms with van der Waals surface area (Å²) in [6.07, 6.45) is 7.36. The van der Waals surface area contributed by atoms with E-state index < -0.39 is 0 Å². The molecule has 1 rings (SSSR count). The molecule has 1 aromatic heterocycles. The van der Waals surface area contributed by atoms with Crippen LogP contribution in [0.1, 0.15) is 32.3 Å². The van der Waals surface area contributed by atoms with Crippen LogP contribution >= 0.6 is 23.5 Å². The van der Waals surface area contributed by atoms with Crippen LogP contribution in [0.4, 0.5) is 0 Å². The number of nitrogens with zero attached hydrogens (tertiary/aromatic N) is 2. The predicted octanol–water partition coefficient (Wildman–Crippen LogP) is 3.66. The molecule has 0 saturated carbocycles. The third kappa shape index (κ3) is 4.07. The topological polar surface area (TPSA) is 35.0 Å². The van der Waals surface area contributed by atoms with Crippen LogP contribution in [0.25, 0.3) is 0 Å². The molecule has 0 N–H and O–H groups in total. The van der Waals surface area contributed by atoms with E-state index in [-0.39, 0.29) is 0 Å². The van der Waals surface area contributed by atoms with E-state index in [1.165, 1.54) is 12.0 Å². The number of unbranched alkanes of at least 4 members (excludes halogenated alkanes) is 1. The first-order valence-corrected chi connectivity index (χ1v) is 8.33. The Morgan fingerprint density at radius 3 is 2.41 bits per heavy atom. The molecule has 0 atom stereocenters. The minimum Gasteiger partial charge on any atom is -0.478 e. The number of aromatic nitrogens is 2. The van der Waals surface area contributed by atoms with Crippen LogP contribution in [0.5, 0.6) is 5.88 Å². The average Bonchev–Trinajstić information content (AvgIpc) is 2.36. The van der Waals surface area contributed by atoms with Gasteiger partial charge in [-0.05, 0) is 32.3 Å². The van der Waals surface area contributed by atoms with Crippen molar-refractivity contribution < 1.29 is 4.74 Å². The Morgan fingerprint density at radius 1 is 1.12 bits per heavy atom. The van der Waals surface area contributed by atoms with E-state index in [0.29, 0.717) is 6.61 Å². The fraction of sp³-hybridized carbons (Fsp3) is 0.667. The standard InChI is InChI=1S/C12H20N2OS2/c1-5-7-8-9-10(15-6-2)13-12(17-4)14-11(9)16-3/h5-8H2,1-4H3. The molecular weight excluding hydrogens is 252 g/mol. The number of hydrogen-bond acceptors (Lipinski definition) is 5. The van der Waals surface area contributed by atoms with Crippen molar-refractivity contribution in [2.75, 3.05) is 19.1 Å². The summed E-state index contributed by atoms with van der Waals surface area (Å²) in [4.78, 5) is 9.00. The summed E-state index contributed by atoms with van der Waals surface area (Å²) < 4.78 is 5.64. The Bertz CT molecular complexity index is 359. The highest BCUT2D eigenvalue weighted by atomic mass is 32.2. The van der Waals surface area contributed by atoms with Gasteiger partial charge in [0, 0.05) is 5.56 Å². The second-order valence-corrected chi connectivity index (χ2v) is 5.11. The van der Waals surface area contributed by atoms with Crippen LogP contribution in [-0.2, 0) is 6.42 Å². The second kappa shape index (κ2) is 7.82. The van der Waals surface area contributed by atoms with Crippen molar-refractivity contribution >= 4 is 23.5 Å². The Labute approximate surface area is 112 Å². The van der Waals surface area contributed by atoms with E-state index in [0.717, 1.165) is 28.9 Å². The van der Waals surface area contributed by atoms with E-state index in [2.05, 4.69) is 23.1 Å². The lowest BCUT2D eigenvalue weighted by Crippen LogP contribution is -2.04. The molecule has 96 valence electrons. The van der Waals surface area contributed by atoms with Crippen molar-refractivity contribution in [2.45, 2.75) is 43.3 Å². The first-order valence-electron chi connectivity index (χ1n) is 5.88. The summed E-state index contributed by atoms with van der Waals surface area (Å²) in [6, 6.07) is 0. The molecule has 1 aromatic rings. The van der Waals surface area contributed by atoms with Gasteiger partial charge in [0.1, 0.15) is 5.03 Å². The number of hydrogen-bond donors (Lipinski definition) is 0. The molecule has 0 spiro atoms. The SMILES string of the molecule is CCCCc1c(OCC)nc(SC)nc1SC. The van der Waals surface area contributed by atoms with Gasteiger partial charge in [0.15, 0.2) is 5.16 Å². The van der Waals surface area contributed by atoms with Gasteiger partial charge in [0.25, 0.3) is 0 Å². The van der Waals surface area contributed by atoms with E-state index >= 15 is 0 Å². The molecule has 0 aliphatic heterocycles. The van der Waals surface area contributed by atoms with Crippen LogP contribution < -0.4 is 4.74 Å². The number of ether oxygens (including phenoxy) is 1. The molecule has 0 aliphatic carbocycles. The van der Waals surface area contributed by atoms with Crippen molar-refractivity contribution in [1.82, 2.24) is 9.97 Å². The summed E-state index contributed by atoms with van der Waals surface area (Å²) in [6.45, 7) is 4.83. The third-order valence-corrected chi connectivity index (χ3v) is 3.62. The van der Waals surface area contributed by atoms with Crippen LogP contribution in [-0.4, -0.2) is 29.1 Å². The van der Waals surface area contributed by atoms with Crippen molar-refractivity contribution in [3.8, 4) is 5.88 Å². The van der Waals surface area contributed by atoms with Gasteiger partial charge in [-0.3, -0.25) is 0 Å².